The second-order valence-corrected chi connectivity index (χ2v) is 9.19. The van der Waals surface area contributed by atoms with Gasteiger partial charge in [0.25, 0.3) is 5.56 Å². The van der Waals surface area contributed by atoms with Crippen LogP contribution in [0.2, 0.25) is 0 Å². The Balaban J connectivity index is 1.90. The van der Waals surface area contributed by atoms with E-state index in [0.717, 1.165) is 0 Å². The maximum absolute atomic E-state index is 15.7. The van der Waals surface area contributed by atoms with Crippen LogP contribution in [-0.4, -0.2) is 52.7 Å². The van der Waals surface area contributed by atoms with Crippen LogP contribution >= 0.6 is 9.24 Å². The first-order chi connectivity index (χ1) is 17.2. The molecule has 0 amide bonds. The molecule has 1 N–H and O–H groups in total. The summed E-state index contributed by atoms with van der Waals surface area (Å²) in [4.78, 5) is 19.7. The largest absolute Gasteiger partial charge is 0.496 e. The maximum Gasteiger partial charge on any atom is 0.265 e. The lowest BCUT2D eigenvalue weighted by Gasteiger charge is -2.29. The summed E-state index contributed by atoms with van der Waals surface area (Å²) in [5.74, 6) is 0.0135. The lowest BCUT2D eigenvalue weighted by Crippen LogP contribution is -2.34. The molecule has 0 fully saturated rings. The fourth-order valence-electron chi connectivity index (χ4n) is 4.02. The number of nitrogens with one attached hydrogen (secondary N) is 1. The molecular weight excluding hydrogens is 482 g/mol. The average Bonchev–Trinajstić information content (AvgIpc) is 3.29. The highest BCUT2D eigenvalue weighted by atomic mass is 31.0. The predicted molar refractivity (Wildman–Crippen MR) is 143 cm³/mol. The second kappa shape index (κ2) is 10.6. The van der Waals surface area contributed by atoms with Crippen molar-refractivity contribution in [1.82, 2.24) is 24.6 Å². The van der Waals surface area contributed by atoms with Gasteiger partial charge in [-0.05, 0) is 18.2 Å². The zero-order valence-corrected chi connectivity index (χ0v) is 22.1. The maximum atomic E-state index is 15.7. The van der Waals surface area contributed by atoms with Crippen molar-refractivity contribution in [2.75, 3.05) is 32.2 Å². The third kappa shape index (κ3) is 4.92. The van der Waals surface area contributed by atoms with Crippen molar-refractivity contribution in [3.05, 3.63) is 59.2 Å². The average molecular weight is 513 g/mol. The Morgan fingerprint density at radius 1 is 1.19 bits per heavy atom. The lowest BCUT2D eigenvalue weighted by molar-refractivity contribution is 0.376. The second-order valence-electron chi connectivity index (χ2n) is 8.61. The van der Waals surface area contributed by atoms with E-state index in [9.17, 15) is 4.79 Å². The fourth-order valence-corrected chi connectivity index (χ4v) is 4.51. The number of ether oxygens (including phenoxy) is 2. The van der Waals surface area contributed by atoms with Crippen LogP contribution in [0.25, 0.3) is 16.6 Å². The van der Waals surface area contributed by atoms with Gasteiger partial charge in [0.1, 0.15) is 12.1 Å². The van der Waals surface area contributed by atoms with Crippen molar-refractivity contribution >= 4 is 36.8 Å². The van der Waals surface area contributed by atoms with Gasteiger partial charge in [-0.15, -0.1) is 0 Å². The number of hydrogen-bond donors (Lipinski definition) is 1. The molecule has 0 radical (unpaired) electrons. The molecule has 0 spiro atoms. The molecular formula is C25H30FN6O3P. The molecule has 11 heteroatoms. The van der Waals surface area contributed by atoms with Crippen LogP contribution in [0.4, 0.5) is 15.8 Å². The molecule has 0 aliphatic carbocycles. The van der Waals surface area contributed by atoms with Crippen LogP contribution in [-0.2, 0) is 7.05 Å². The van der Waals surface area contributed by atoms with Gasteiger partial charge in [-0.2, -0.15) is 5.10 Å². The van der Waals surface area contributed by atoms with E-state index >= 15 is 4.39 Å². The zero-order chi connectivity index (χ0) is 26.0. The number of anilines is 2. The van der Waals surface area contributed by atoms with Gasteiger partial charge in [0.2, 0.25) is 0 Å². The SMILES string of the molecule is COc1cc(OC)c(P)c(N(CCNC(C)C)c2ccc3ncn(-c4cnn(C)c4)c(=O)c3c2)c1F. The van der Waals surface area contributed by atoms with Crippen LogP contribution < -0.4 is 30.6 Å². The number of rotatable bonds is 9. The molecule has 2 heterocycles. The van der Waals surface area contributed by atoms with Gasteiger partial charge in [0.15, 0.2) is 11.6 Å². The molecule has 9 nitrogen and oxygen atoms in total. The summed E-state index contributed by atoms with van der Waals surface area (Å²) >= 11 is 0. The van der Waals surface area contributed by atoms with Gasteiger partial charge in [-0.25, -0.2) is 9.37 Å². The Morgan fingerprint density at radius 2 is 1.94 bits per heavy atom. The summed E-state index contributed by atoms with van der Waals surface area (Å²) in [6.45, 7) is 5.09. The molecule has 0 saturated carbocycles. The van der Waals surface area contributed by atoms with Crippen LogP contribution in [0.5, 0.6) is 11.5 Å². The Labute approximate surface area is 211 Å². The quantitative estimate of drug-likeness (QED) is 0.345. The smallest absolute Gasteiger partial charge is 0.265 e. The molecule has 190 valence electrons. The van der Waals surface area contributed by atoms with E-state index in [-0.39, 0.29) is 23.0 Å². The van der Waals surface area contributed by atoms with E-state index in [2.05, 4.69) is 24.6 Å². The number of hydrogen-bond acceptors (Lipinski definition) is 7. The Kier molecular flexibility index (Phi) is 7.56. The minimum Gasteiger partial charge on any atom is -0.496 e. The van der Waals surface area contributed by atoms with Crippen LogP contribution in [0, 0.1) is 5.82 Å². The van der Waals surface area contributed by atoms with Gasteiger partial charge >= 0.3 is 0 Å². The molecule has 0 bridgehead atoms. The minimum atomic E-state index is -0.521. The molecule has 1 atom stereocenters. The molecule has 36 heavy (non-hydrogen) atoms. The van der Waals surface area contributed by atoms with Gasteiger partial charge in [-0.3, -0.25) is 14.0 Å². The lowest BCUT2D eigenvalue weighted by atomic mass is 10.1. The minimum absolute atomic E-state index is 0.0660. The van der Waals surface area contributed by atoms with E-state index in [0.29, 0.717) is 46.4 Å². The summed E-state index contributed by atoms with van der Waals surface area (Å²) in [5.41, 5.74) is 1.83. The number of halogens is 1. The number of nitrogens with zero attached hydrogens (tertiary/aromatic N) is 5. The van der Waals surface area contributed by atoms with Crippen molar-refractivity contribution < 1.29 is 13.9 Å². The zero-order valence-electron chi connectivity index (χ0n) is 20.9. The van der Waals surface area contributed by atoms with Crippen molar-refractivity contribution in [3.63, 3.8) is 0 Å². The highest BCUT2D eigenvalue weighted by molar-refractivity contribution is 7.28. The first-order valence-electron chi connectivity index (χ1n) is 11.5. The summed E-state index contributed by atoms with van der Waals surface area (Å²) < 4.78 is 29.5. The third-order valence-corrected chi connectivity index (χ3v) is 6.39. The number of benzene rings is 2. The van der Waals surface area contributed by atoms with Gasteiger partial charge in [-0.1, -0.05) is 23.1 Å². The number of aryl methyl sites for hydroxylation is 1. The third-order valence-electron chi connectivity index (χ3n) is 5.83. The molecule has 2 aromatic carbocycles. The predicted octanol–water partition coefficient (Wildman–Crippen LogP) is 2.91. The van der Waals surface area contributed by atoms with Crippen molar-refractivity contribution in [2.45, 2.75) is 19.9 Å². The number of aromatic nitrogens is 4. The standard InChI is InChI=1S/C25H30FN6O3P/c1-15(2)27-8-9-31(23-22(26)20(34-4)11-21(35-5)24(23)36)16-6-7-19-18(10-16)25(33)32(14-28-19)17-12-29-30(3)13-17/h6-7,10-15,27H,8-9,36H2,1-5H3. The van der Waals surface area contributed by atoms with E-state index in [1.807, 2.05) is 24.8 Å². The molecule has 1 unspecified atom stereocenters. The summed E-state index contributed by atoms with van der Waals surface area (Å²) in [6.07, 6.45) is 4.82. The number of methoxy groups -OCH3 is 2. The summed E-state index contributed by atoms with van der Waals surface area (Å²) in [6, 6.07) is 7.10. The molecule has 4 aromatic rings. The van der Waals surface area contributed by atoms with Crippen molar-refractivity contribution in [3.8, 4) is 17.2 Å². The van der Waals surface area contributed by atoms with Crippen LogP contribution in [0.3, 0.4) is 0 Å². The Bertz CT molecular complexity index is 1420. The monoisotopic (exact) mass is 512 g/mol. The van der Waals surface area contributed by atoms with Crippen molar-refractivity contribution in [2.24, 2.45) is 7.05 Å². The van der Waals surface area contributed by atoms with E-state index in [4.69, 9.17) is 9.47 Å². The van der Waals surface area contributed by atoms with Gasteiger partial charge in [0.05, 0.1) is 42.7 Å². The summed E-state index contributed by atoms with van der Waals surface area (Å²) in [7, 11) is 7.28. The topological polar surface area (TPSA) is 86.4 Å². The molecule has 0 aliphatic rings. The first kappa shape index (κ1) is 25.6. The van der Waals surface area contributed by atoms with E-state index < -0.39 is 5.82 Å². The first-order valence-corrected chi connectivity index (χ1v) is 12.0. The molecule has 2 aromatic heterocycles. The molecule has 0 aliphatic heterocycles. The highest BCUT2D eigenvalue weighted by Gasteiger charge is 2.24. The Morgan fingerprint density at radius 3 is 2.58 bits per heavy atom. The highest BCUT2D eigenvalue weighted by Crippen LogP contribution is 2.37. The summed E-state index contributed by atoms with van der Waals surface area (Å²) in [5, 5.41) is 8.46. The van der Waals surface area contributed by atoms with E-state index in [1.54, 1.807) is 36.3 Å². The van der Waals surface area contributed by atoms with Gasteiger partial charge in [0, 0.05) is 49.4 Å². The van der Waals surface area contributed by atoms with Gasteiger partial charge < -0.3 is 19.7 Å². The fraction of sp³-hybridized carbons (Fsp3) is 0.320. The normalized spacial score (nSPS) is 11.3. The number of fused-ring (bicyclic) bond motifs is 1. The van der Waals surface area contributed by atoms with Crippen LogP contribution in [0.1, 0.15) is 13.8 Å². The Hall–Kier alpha value is -3.49. The van der Waals surface area contributed by atoms with Crippen LogP contribution in [0.15, 0.2) is 47.8 Å². The molecule has 4 rings (SSSR count). The van der Waals surface area contributed by atoms with E-state index in [1.165, 1.54) is 31.2 Å². The van der Waals surface area contributed by atoms with Crippen molar-refractivity contribution in [1.29, 1.82) is 0 Å². The molecule has 0 saturated heterocycles.